The van der Waals surface area contributed by atoms with Crippen LogP contribution in [-0.4, -0.2) is 18.4 Å². The molecule has 0 saturated heterocycles. The highest BCUT2D eigenvalue weighted by Gasteiger charge is 2.12. The molecule has 0 spiro atoms. The summed E-state index contributed by atoms with van der Waals surface area (Å²) in [6.07, 6.45) is 1.33. The van der Waals surface area contributed by atoms with Gasteiger partial charge in [-0.2, -0.15) is 5.26 Å². The van der Waals surface area contributed by atoms with Gasteiger partial charge >= 0.3 is 5.97 Å². The Bertz CT molecular complexity index is 808. The molecule has 0 aliphatic heterocycles. The van der Waals surface area contributed by atoms with Gasteiger partial charge in [-0.25, -0.2) is 4.79 Å². The third-order valence-electron chi connectivity index (χ3n) is 3.08. The van der Waals surface area contributed by atoms with Crippen LogP contribution in [0.3, 0.4) is 0 Å². The Morgan fingerprint density at radius 3 is 2.74 bits per heavy atom. The quantitative estimate of drug-likeness (QED) is 0.365. The zero-order valence-corrected chi connectivity index (χ0v) is 12.8. The van der Waals surface area contributed by atoms with Crippen LogP contribution in [0.4, 0.5) is 0 Å². The van der Waals surface area contributed by atoms with Crippen molar-refractivity contribution >= 4 is 17.8 Å². The van der Waals surface area contributed by atoms with E-state index < -0.39 is 5.97 Å². The van der Waals surface area contributed by atoms with Crippen LogP contribution in [0.2, 0.25) is 0 Å². The number of nitriles is 1. The maximum atomic E-state index is 11.6. The fourth-order valence-electron chi connectivity index (χ4n) is 1.96. The van der Waals surface area contributed by atoms with Gasteiger partial charge in [-0.15, -0.1) is 0 Å². The number of furan rings is 1. The Morgan fingerprint density at radius 2 is 2.09 bits per heavy atom. The zero-order chi connectivity index (χ0) is 16.8. The van der Waals surface area contributed by atoms with Crippen LogP contribution >= 0.6 is 0 Å². The summed E-state index contributed by atoms with van der Waals surface area (Å²) in [5, 5.41) is 9.01. The summed E-state index contributed by atoms with van der Waals surface area (Å²) in [6, 6.07) is 12.2. The summed E-state index contributed by atoms with van der Waals surface area (Å²) in [4.78, 5) is 23.0. The summed E-state index contributed by atoms with van der Waals surface area (Å²) < 4.78 is 10.4. The lowest BCUT2D eigenvalue weighted by atomic mass is 10.1. The van der Waals surface area contributed by atoms with Crippen LogP contribution in [0.5, 0.6) is 0 Å². The third-order valence-corrected chi connectivity index (χ3v) is 3.08. The highest BCUT2D eigenvalue weighted by Crippen LogP contribution is 2.24. The standard InChI is InChI=1S/C18H15NO4/c1-3-22-18(21)15(11-19)10-16-7-8-17(23-16)14-6-4-5-13(9-14)12(2)20/h4-10H,3H2,1-2H3. The van der Waals surface area contributed by atoms with Crippen molar-refractivity contribution < 1.29 is 18.7 Å². The molecule has 0 N–H and O–H groups in total. The molecule has 5 nitrogen and oxygen atoms in total. The second-order valence-corrected chi connectivity index (χ2v) is 4.73. The Kier molecular flexibility index (Phi) is 5.11. The second-order valence-electron chi connectivity index (χ2n) is 4.73. The molecule has 5 heteroatoms. The lowest BCUT2D eigenvalue weighted by Gasteiger charge is -2.00. The Balaban J connectivity index is 2.30. The van der Waals surface area contributed by atoms with E-state index in [1.54, 1.807) is 43.3 Å². The Morgan fingerprint density at radius 1 is 1.30 bits per heavy atom. The van der Waals surface area contributed by atoms with E-state index in [9.17, 15) is 9.59 Å². The van der Waals surface area contributed by atoms with E-state index in [4.69, 9.17) is 14.4 Å². The van der Waals surface area contributed by atoms with Crippen molar-refractivity contribution in [3.63, 3.8) is 0 Å². The van der Waals surface area contributed by atoms with E-state index >= 15 is 0 Å². The van der Waals surface area contributed by atoms with Crippen LogP contribution in [-0.2, 0) is 9.53 Å². The number of Topliss-reactive ketones (excluding diaryl/α,β-unsaturated/α-hetero) is 1. The molecule has 0 aliphatic carbocycles. The number of esters is 1. The largest absolute Gasteiger partial charge is 0.462 e. The minimum absolute atomic E-state index is 0.0346. The number of ether oxygens (including phenoxy) is 1. The van der Waals surface area contributed by atoms with Crippen LogP contribution in [0.1, 0.15) is 30.0 Å². The molecule has 0 fully saturated rings. The maximum Gasteiger partial charge on any atom is 0.349 e. The van der Waals surface area contributed by atoms with Crippen LogP contribution in [0.25, 0.3) is 17.4 Å². The van der Waals surface area contributed by atoms with Crippen molar-refractivity contribution in [3.8, 4) is 17.4 Å². The van der Waals surface area contributed by atoms with Crippen LogP contribution in [0, 0.1) is 11.3 Å². The number of hydrogen-bond acceptors (Lipinski definition) is 5. The number of nitrogens with zero attached hydrogens (tertiary/aromatic N) is 1. The van der Waals surface area contributed by atoms with Gasteiger partial charge in [0.25, 0.3) is 0 Å². The molecular weight excluding hydrogens is 294 g/mol. The number of benzene rings is 1. The van der Waals surface area contributed by atoms with E-state index in [1.165, 1.54) is 13.0 Å². The molecule has 2 aromatic rings. The number of carbonyl (C=O) groups excluding carboxylic acids is 2. The van der Waals surface area contributed by atoms with Gasteiger partial charge in [0.1, 0.15) is 23.2 Å². The van der Waals surface area contributed by atoms with E-state index in [0.717, 1.165) is 5.56 Å². The molecule has 0 saturated carbocycles. The topological polar surface area (TPSA) is 80.3 Å². The first-order valence-corrected chi connectivity index (χ1v) is 7.05. The van der Waals surface area contributed by atoms with Gasteiger partial charge in [0.15, 0.2) is 5.78 Å². The molecule has 0 amide bonds. The lowest BCUT2D eigenvalue weighted by Crippen LogP contribution is -2.05. The number of hydrogen-bond donors (Lipinski definition) is 0. The third kappa shape index (κ3) is 3.95. The highest BCUT2D eigenvalue weighted by molar-refractivity contribution is 5.97. The van der Waals surface area contributed by atoms with E-state index in [1.807, 2.05) is 6.07 Å². The normalized spacial score (nSPS) is 10.9. The average molecular weight is 309 g/mol. The number of carbonyl (C=O) groups is 2. The van der Waals surface area contributed by atoms with Gasteiger partial charge in [-0.1, -0.05) is 18.2 Å². The molecule has 0 unspecified atom stereocenters. The Hall–Kier alpha value is -3.13. The van der Waals surface area contributed by atoms with E-state index in [2.05, 4.69) is 0 Å². The molecule has 0 radical (unpaired) electrons. The van der Waals surface area contributed by atoms with Crippen molar-refractivity contribution in [2.75, 3.05) is 6.61 Å². The van der Waals surface area contributed by atoms with Crippen molar-refractivity contribution in [2.24, 2.45) is 0 Å². The first kappa shape index (κ1) is 16.2. The van der Waals surface area contributed by atoms with Gasteiger partial charge < -0.3 is 9.15 Å². The molecule has 1 aromatic heterocycles. The molecule has 1 heterocycles. The number of rotatable bonds is 5. The van der Waals surface area contributed by atoms with Crippen molar-refractivity contribution in [2.45, 2.75) is 13.8 Å². The summed E-state index contributed by atoms with van der Waals surface area (Å²) in [6.45, 7) is 3.35. The summed E-state index contributed by atoms with van der Waals surface area (Å²) in [5.41, 5.74) is 1.19. The minimum atomic E-state index is -0.688. The van der Waals surface area contributed by atoms with Crippen molar-refractivity contribution in [1.29, 1.82) is 5.26 Å². The van der Waals surface area contributed by atoms with Gasteiger partial charge in [0.2, 0.25) is 0 Å². The summed E-state index contributed by atoms with van der Waals surface area (Å²) in [5.74, 6) is 0.178. The second kappa shape index (κ2) is 7.23. The smallest absolute Gasteiger partial charge is 0.349 e. The van der Waals surface area contributed by atoms with E-state index in [0.29, 0.717) is 17.1 Å². The van der Waals surface area contributed by atoms with Crippen molar-refractivity contribution in [1.82, 2.24) is 0 Å². The van der Waals surface area contributed by atoms with Crippen LogP contribution < -0.4 is 0 Å². The fraction of sp³-hybridized carbons (Fsp3) is 0.167. The highest BCUT2D eigenvalue weighted by atomic mass is 16.5. The SMILES string of the molecule is CCOC(=O)C(C#N)=Cc1ccc(-c2cccc(C(C)=O)c2)o1. The minimum Gasteiger partial charge on any atom is -0.462 e. The fourth-order valence-corrected chi connectivity index (χ4v) is 1.96. The summed E-state index contributed by atoms with van der Waals surface area (Å²) in [7, 11) is 0. The molecule has 1 aromatic carbocycles. The number of ketones is 1. The summed E-state index contributed by atoms with van der Waals surface area (Å²) >= 11 is 0. The lowest BCUT2D eigenvalue weighted by molar-refractivity contribution is -0.137. The van der Waals surface area contributed by atoms with E-state index in [-0.39, 0.29) is 18.0 Å². The van der Waals surface area contributed by atoms with Crippen molar-refractivity contribution in [3.05, 3.63) is 53.3 Å². The predicted octanol–water partition coefficient (Wildman–Crippen LogP) is 3.62. The first-order chi connectivity index (χ1) is 11.0. The molecule has 2 rings (SSSR count). The predicted molar refractivity (Wildman–Crippen MR) is 84.4 cm³/mol. The maximum absolute atomic E-state index is 11.6. The molecule has 0 aliphatic rings. The zero-order valence-electron chi connectivity index (χ0n) is 12.8. The molecule has 23 heavy (non-hydrogen) atoms. The molecule has 116 valence electrons. The van der Waals surface area contributed by atoms with Gasteiger partial charge in [-0.3, -0.25) is 4.79 Å². The van der Waals surface area contributed by atoms with Gasteiger partial charge in [0, 0.05) is 17.2 Å². The molecular formula is C18H15NO4. The average Bonchev–Trinajstić information content (AvgIpc) is 3.01. The monoisotopic (exact) mass is 309 g/mol. The van der Waals surface area contributed by atoms with Gasteiger partial charge in [0.05, 0.1) is 6.61 Å². The molecule has 0 bridgehead atoms. The van der Waals surface area contributed by atoms with Gasteiger partial charge in [-0.05, 0) is 32.0 Å². The molecule has 0 atom stereocenters. The first-order valence-electron chi connectivity index (χ1n) is 7.05. The van der Waals surface area contributed by atoms with Crippen LogP contribution in [0.15, 0.2) is 46.4 Å². The Labute approximate surface area is 133 Å².